The van der Waals surface area contributed by atoms with Gasteiger partial charge in [-0.05, 0) is 25.1 Å². The molecule has 0 bridgehead atoms. The van der Waals surface area contributed by atoms with E-state index >= 15 is 0 Å². The molecule has 96 valence electrons. The molecule has 0 heterocycles. The molecule has 4 nitrogen and oxygen atoms in total. The van der Waals surface area contributed by atoms with Gasteiger partial charge in [0.2, 0.25) is 6.23 Å². The first-order chi connectivity index (χ1) is 8.53. The molecule has 0 N–H and O–H groups in total. The third-order valence-electron chi connectivity index (χ3n) is 2.33. The van der Waals surface area contributed by atoms with Gasteiger partial charge in [-0.25, -0.2) is 0 Å². The highest BCUT2D eigenvalue weighted by atomic mass is 35.5. The Morgan fingerprint density at radius 1 is 1.44 bits per heavy atom. The van der Waals surface area contributed by atoms with Crippen LogP contribution in [0.5, 0.6) is 0 Å². The van der Waals surface area contributed by atoms with E-state index in [2.05, 4.69) is 0 Å². The molecule has 0 aliphatic heterocycles. The number of methoxy groups -OCH3 is 1. The fourth-order valence-electron chi connectivity index (χ4n) is 1.51. The number of nitrogens with zero attached hydrogens (tertiary/aromatic N) is 2. The second-order valence-corrected chi connectivity index (χ2v) is 4.34. The summed E-state index contributed by atoms with van der Waals surface area (Å²) < 4.78 is 4.93. The van der Waals surface area contributed by atoms with E-state index in [0.29, 0.717) is 22.2 Å². The van der Waals surface area contributed by atoms with E-state index in [9.17, 15) is 4.79 Å². The summed E-state index contributed by atoms with van der Waals surface area (Å²) in [6.45, 7) is 2.10. The fraction of sp³-hybridized carbons (Fsp3) is 0.333. The number of carbonyl (C=O) groups is 1. The summed E-state index contributed by atoms with van der Waals surface area (Å²) >= 11 is 11.7. The minimum atomic E-state index is -0.930. The monoisotopic (exact) mass is 286 g/mol. The molecule has 0 aromatic heterocycles. The number of halogens is 2. The van der Waals surface area contributed by atoms with E-state index in [0.717, 1.165) is 0 Å². The van der Waals surface area contributed by atoms with Crippen LogP contribution in [0.1, 0.15) is 17.3 Å². The Bertz CT molecular complexity index is 465. The maximum absolute atomic E-state index is 12.2. The quantitative estimate of drug-likeness (QED) is 0.800. The number of hydrogen-bond acceptors (Lipinski definition) is 3. The van der Waals surface area contributed by atoms with Gasteiger partial charge in [-0.3, -0.25) is 4.79 Å². The second kappa shape index (κ2) is 6.60. The molecule has 0 fully saturated rings. The molecule has 0 saturated carbocycles. The molecular formula is C12H12Cl2N2O2. The van der Waals surface area contributed by atoms with Crippen molar-refractivity contribution in [1.82, 2.24) is 4.90 Å². The third kappa shape index (κ3) is 3.36. The van der Waals surface area contributed by atoms with Gasteiger partial charge in [-0.2, -0.15) is 5.26 Å². The Hall–Kier alpha value is -1.28. The first-order valence-corrected chi connectivity index (χ1v) is 5.98. The number of hydrogen-bond donors (Lipinski definition) is 0. The minimum absolute atomic E-state index is 0.326. The van der Waals surface area contributed by atoms with Gasteiger partial charge in [0.15, 0.2) is 0 Å². The van der Waals surface area contributed by atoms with Crippen LogP contribution in [0.2, 0.25) is 10.0 Å². The molecule has 1 aromatic carbocycles. The smallest absolute Gasteiger partial charge is 0.256 e. The van der Waals surface area contributed by atoms with Crippen LogP contribution in [-0.4, -0.2) is 30.7 Å². The number of ether oxygens (including phenoxy) is 1. The Morgan fingerprint density at radius 2 is 2.00 bits per heavy atom. The highest BCUT2D eigenvalue weighted by Crippen LogP contribution is 2.20. The van der Waals surface area contributed by atoms with Crippen LogP contribution in [0.4, 0.5) is 0 Å². The van der Waals surface area contributed by atoms with E-state index in [1.807, 2.05) is 6.07 Å². The molecule has 1 unspecified atom stereocenters. The lowest BCUT2D eigenvalue weighted by Crippen LogP contribution is -2.40. The molecule has 0 radical (unpaired) electrons. The zero-order chi connectivity index (χ0) is 13.7. The average Bonchev–Trinajstić information content (AvgIpc) is 2.33. The first kappa shape index (κ1) is 14.8. The Morgan fingerprint density at radius 3 is 2.39 bits per heavy atom. The van der Waals surface area contributed by atoms with E-state index in [4.69, 9.17) is 33.2 Å². The summed E-state index contributed by atoms with van der Waals surface area (Å²) in [5, 5.41) is 9.65. The van der Waals surface area contributed by atoms with Gasteiger partial charge < -0.3 is 9.64 Å². The van der Waals surface area contributed by atoms with Gasteiger partial charge in [0.1, 0.15) is 6.07 Å². The Labute approximate surface area is 116 Å². The summed E-state index contributed by atoms with van der Waals surface area (Å²) in [7, 11) is 1.37. The van der Waals surface area contributed by atoms with Gasteiger partial charge in [-0.1, -0.05) is 23.2 Å². The normalized spacial score (nSPS) is 11.7. The molecule has 0 spiro atoms. The highest BCUT2D eigenvalue weighted by Gasteiger charge is 2.23. The molecule has 1 aromatic rings. The Balaban J connectivity index is 3.07. The summed E-state index contributed by atoms with van der Waals surface area (Å²) in [5.41, 5.74) is 0.326. The lowest BCUT2D eigenvalue weighted by atomic mass is 10.2. The van der Waals surface area contributed by atoms with Gasteiger partial charge in [0.25, 0.3) is 5.91 Å². The molecule has 0 aliphatic rings. The number of rotatable bonds is 4. The number of nitriles is 1. The molecule has 0 saturated heterocycles. The van der Waals surface area contributed by atoms with Crippen molar-refractivity contribution in [3.8, 4) is 6.07 Å². The lowest BCUT2D eigenvalue weighted by molar-refractivity contribution is 0.0123. The van der Waals surface area contributed by atoms with Gasteiger partial charge >= 0.3 is 0 Å². The highest BCUT2D eigenvalue weighted by molar-refractivity contribution is 6.35. The predicted molar refractivity (Wildman–Crippen MR) is 69.6 cm³/mol. The van der Waals surface area contributed by atoms with Crippen molar-refractivity contribution in [2.75, 3.05) is 13.7 Å². The SMILES string of the molecule is CCN(C(=O)c1cc(Cl)cc(Cl)c1)C(C#N)OC. The maximum Gasteiger partial charge on any atom is 0.256 e. The van der Waals surface area contributed by atoms with Crippen LogP contribution in [0, 0.1) is 11.3 Å². The molecular weight excluding hydrogens is 275 g/mol. The summed E-state index contributed by atoms with van der Waals surface area (Å²) in [4.78, 5) is 13.5. The molecule has 18 heavy (non-hydrogen) atoms. The van der Waals surface area contributed by atoms with Crippen LogP contribution in [-0.2, 0) is 4.74 Å². The first-order valence-electron chi connectivity index (χ1n) is 5.23. The van der Waals surface area contributed by atoms with E-state index in [-0.39, 0.29) is 5.91 Å². The number of benzene rings is 1. The van der Waals surface area contributed by atoms with Crippen molar-refractivity contribution in [2.24, 2.45) is 0 Å². The van der Waals surface area contributed by atoms with Crippen molar-refractivity contribution in [3.05, 3.63) is 33.8 Å². The molecule has 1 amide bonds. The van der Waals surface area contributed by atoms with Crippen molar-refractivity contribution >= 4 is 29.1 Å². The average molecular weight is 287 g/mol. The van der Waals surface area contributed by atoms with E-state index < -0.39 is 6.23 Å². The van der Waals surface area contributed by atoms with Gasteiger partial charge in [0.05, 0.1) is 0 Å². The largest absolute Gasteiger partial charge is 0.349 e. The summed E-state index contributed by atoms with van der Waals surface area (Å²) in [5.74, 6) is -0.352. The number of amides is 1. The minimum Gasteiger partial charge on any atom is -0.349 e. The maximum atomic E-state index is 12.2. The summed E-state index contributed by atoms with van der Waals surface area (Å²) in [6, 6.07) is 6.44. The van der Waals surface area contributed by atoms with E-state index in [1.54, 1.807) is 6.92 Å². The Kier molecular flexibility index (Phi) is 5.42. The predicted octanol–water partition coefficient (Wildman–Crippen LogP) is 2.95. The number of carbonyl (C=O) groups excluding carboxylic acids is 1. The van der Waals surface area contributed by atoms with Crippen LogP contribution in [0.15, 0.2) is 18.2 Å². The van der Waals surface area contributed by atoms with Crippen molar-refractivity contribution in [1.29, 1.82) is 5.26 Å². The fourth-order valence-corrected chi connectivity index (χ4v) is 2.03. The molecule has 6 heteroatoms. The molecule has 0 aliphatic carbocycles. The topological polar surface area (TPSA) is 53.3 Å². The van der Waals surface area contributed by atoms with Crippen LogP contribution in [0.25, 0.3) is 0 Å². The van der Waals surface area contributed by atoms with Gasteiger partial charge in [0, 0.05) is 29.3 Å². The van der Waals surface area contributed by atoms with Crippen molar-refractivity contribution in [3.63, 3.8) is 0 Å². The van der Waals surface area contributed by atoms with E-state index in [1.165, 1.54) is 30.2 Å². The van der Waals surface area contributed by atoms with Crippen LogP contribution >= 0.6 is 23.2 Å². The van der Waals surface area contributed by atoms with Crippen molar-refractivity contribution in [2.45, 2.75) is 13.2 Å². The standard InChI is InChI=1S/C12H12Cl2N2O2/c1-3-16(11(7-15)18-2)12(17)8-4-9(13)6-10(14)5-8/h4-6,11H,3H2,1-2H3. The second-order valence-electron chi connectivity index (χ2n) is 3.47. The molecule has 1 atom stereocenters. The summed E-state index contributed by atoms with van der Waals surface area (Å²) in [6.07, 6.45) is -0.930. The third-order valence-corrected chi connectivity index (χ3v) is 2.76. The molecule has 1 rings (SSSR count). The zero-order valence-electron chi connectivity index (χ0n) is 9.98. The van der Waals surface area contributed by atoms with Crippen molar-refractivity contribution < 1.29 is 9.53 Å². The lowest BCUT2D eigenvalue weighted by Gasteiger charge is -2.24. The van der Waals surface area contributed by atoms with Gasteiger partial charge in [-0.15, -0.1) is 0 Å². The zero-order valence-corrected chi connectivity index (χ0v) is 11.5. The van der Waals surface area contributed by atoms with Crippen LogP contribution in [0.3, 0.4) is 0 Å². The van der Waals surface area contributed by atoms with Crippen LogP contribution < -0.4 is 0 Å².